The van der Waals surface area contributed by atoms with Crippen LogP contribution >= 0.6 is 11.3 Å². The van der Waals surface area contributed by atoms with Crippen molar-refractivity contribution in [2.75, 3.05) is 52.2 Å². The van der Waals surface area contributed by atoms with Crippen molar-refractivity contribution in [1.29, 1.82) is 0 Å². The summed E-state index contributed by atoms with van der Waals surface area (Å²) in [6.07, 6.45) is 0. The highest BCUT2D eigenvalue weighted by Crippen LogP contribution is 2.22. The molecule has 7 heteroatoms. The largest absolute Gasteiger partial charge is 0.360 e. The number of benzene rings is 1. The van der Waals surface area contributed by atoms with E-state index in [9.17, 15) is 4.39 Å². The molecular weight excluding hydrogens is 361 g/mol. The summed E-state index contributed by atoms with van der Waals surface area (Å²) < 4.78 is 14.0. The van der Waals surface area contributed by atoms with Gasteiger partial charge in [0.15, 0.2) is 5.96 Å². The Morgan fingerprint density at radius 2 is 2.00 bits per heavy atom. The molecule has 0 radical (unpaired) electrons. The van der Waals surface area contributed by atoms with Gasteiger partial charge in [-0.1, -0.05) is 6.07 Å². The maximum Gasteiger partial charge on any atom is 0.194 e. The van der Waals surface area contributed by atoms with Crippen LogP contribution in [0, 0.1) is 5.82 Å². The Hall–Kier alpha value is -2.12. The number of nitrogens with one attached hydrogen (secondary N) is 1. The molecule has 1 saturated heterocycles. The Balaban J connectivity index is 1.55. The molecule has 1 aliphatic heterocycles. The predicted molar refractivity (Wildman–Crippen MR) is 112 cm³/mol. The molecule has 0 unspecified atom stereocenters. The molecule has 0 amide bonds. The van der Waals surface area contributed by atoms with Crippen molar-refractivity contribution in [3.63, 3.8) is 0 Å². The summed E-state index contributed by atoms with van der Waals surface area (Å²) in [7, 11) is 5.71. The van der Waals surface area contributed by atoms with Gasteiger partial charge >= 0.3 is 0 Å². The second-order valence-electron chi connectivity index (χ2n) is 6.99. The number of thiophene rings is 1. The van der Waals surface area contributed by atoms with E-state index in [0.717, 1.165) is 43.3 Å². The lowest BCUT2D eigenvalue weighted by molar-refractivity contribution is 0.373. The normalized spacial score (nSPS) is 15.5. The van der Waals surface area contributed by atoms with E-state index in [0.29, 0.717) is 13.1 Å². The van der Waals surface area contributed by atoms with E-state index in [1.165, 1.54) is 5.00 Å². The van der Waals surface area contributed by atoms with Gasteiger partial charge in [-0.15, -0.1) is 11.3 Å². The SMILES string of the molecule is CN=C(NCc1ccc(F)c(CN(C)C)c1)N1CCN(c2cccs2)CC1. The Bertz CT molecular complexity index is 752. The maximum atomic E-state index is 14.0. The van der Waals surface area contributed by atoms with E-state index in [4.69, 9.17) is 0 Å². The lowest BCUT2D eigenvalue weighted by Gasteiger charge is -2.37. The van der Waals surface area contributed by atoms with Gasteiger partial charge in [-0.05, 0) is 49.3 Å². The first-order valence-electron chi connectivity index (χ1n) is 9.23. The third-order valence-corrected chi connectivity index (χ3v) is 5.59. The van der Waals surface area contributed by atoms with Gasteiger partial charge < -0.3 is 20.0 Å². The van der Waals surface area contributed by atoms with Gasteiger partial charge in [0.1, 0.15) is 5.82 Å². The minimum Gasteiger partial charge on any atom is -0.360 e. The lowest BCUT2D eigenvalue weighted by Crippen LogP contribution is -2.52. The van der Waals surface area contributed by atoms with Gasteiger partial charge in [0.05, 0.1) is 5.00 Å². The number of aliphatic imine (C=N–C) groups is 1. The fourth-order valence-electron chi connectivity index (χ4n) is 3.30. The van der Waals surface area contributed by atoms with E-state index in [-0.39, 0.29) is 5.82 Å². The highest BCUT2D eigenvalue weighted by atomic mass is 32.1. The quantitative estimate of drug-likeness (QED) is 0.630. The van der Waals surface area contributed by atoms with Gasteiger partial charge in [0.2, 0.25) is 0 Å². The van der Waals surface area contributed by atoms with E-state index < -0.39 is 0 Å². The molecule has 1 aromatic heterocycles. The lowest BCUT2D eigenvalue weighted by atomic mass is 10.1. The predicted octanol–water partition coefficient (Wildman–Crippen LogP) is 2.85. The van der Waals surface area contributed by atoms with Crippen LogP contribution in [0.25, 0.3) is 0 Å². The molecule has 0 aliphatic carbocycles. The number of hydrogen-bond acceptors (Lipinski definition) is 4. The molecule has 1 aliphatic rings. The van der Waals surface area contributed by atoms with Crippen molar-refractivity contribution in [3.8, 4) is 0 Å². The standard InChI is InChI=1S/C20H28FN5S/c1-22-20(26-10-8-25(9-11-26)19-5-4-12-27-19)23-14-16-6-7-18(21)17(13-16)15-24(2)3/h4-7,12-13H,8-11,14-15H2,1-3H3,(H,22,23). The second kappa shape index (κ2) is 9.19. The number of guanidine groups is 1. The van der Waals surface area contributed by atoms with Crippen LogP contribution in [0.2, 0.25) is 0 Å². The molecular formula is C20H28FN5S. The smallest absolute Gasteiger partial charge is 0.194 e. The molecule has 146 valence electrons. The van der Waals surface area contributed by atoms with Crippen molar-refractivity contribution in [3.05, 3.63) is 52.7 Å². The number of nitrogens with zero attached hydrogens (tertiary/aromatic N) is 4. The molecule has 0 spiro atoms. The maximum absolute atomic E-state index is 14.0. The highest BCUT2D eigenvalue weighted by Gasteiger charge is 2.20. The molecule has 27 heavy (non-hydrogen) atoms. The second-order valence-corrected chi connectivity index (χ2v) is 7.92. The summed E-state index contributed by atoms with van der Waals surface area (Å²) in [6, 6.07) is 9.60. The average Bonchev–Trinajstić information content (AvgIpc) is 3.19. The molecule has 1 N–H and O–H groups in total. The summed E-state index contributed by atoms with van der Waals surface area (Å²) in [5, 5.41) is 6.88. The van der Waals surface area contributed by atoms with Gasteiger partial charge in [-0.2, -0.15) is 0 Å². The third kappa shape index (κ3) is 5.20. The molecule has 0 atom stereocenters. The van der Waals surface area contributed by atoms with E-state index in [1.807, 2.05) is 38.2 Å². The summed E-state index contributed by atoms with van der Waals surface area (Å²) in [6.45, 7) is 5.09. The van der Waals surface area contributed by atoms with Crippen LogP contribution in [0.1, 0.15) is 11.1 Å². The molecule has 0 bridgehead atoms. The van der Waals surface area contributed by atoms with Gasteiger partial charge in [-0.3, -0.25) is 4.99 Å². The zero-order chi connectivity index (χ0) is 19.2. The topological polar surface area (TPSA) is 34.1 Å². The number of piperazine rings is 1. The van der Waals surface area contributed by atoms with Gasteiger partial charge in [-0.25, -0.2) is 4.39 Å². The van der Waals surface area contributed by atoms with Crippen LogP contribution in [-0.4, -0.2) is 63.1 Å². The number of rotatable bonds is 5. The van der Waals surface area contributed by atoms with Crippen molar-refractivity contribution in [2.45, 2.75) is 13.1 Å². The zero-order valence-electron chi connectivity index (χ0n) is 16.3. The Labute approximate surface area is 165 Å². The van der Waals surface area contributed by atoms with Crippen LogP contribution in [0.5, 0.6) is 0 Å². The fourth-order valence-corrected chi connectivity index (χ4v) is 4.09. The molecule has 2 aromatic rings. The van der Waals surface area contributed by atoms with Gasteiger partial charge in [0.25, 0.3) is 0 Å². The first-order valence-corrected chi connectivity index (χ1v) is 10.1. The average molecular weight is 390 g/mol. The highest BCUT2D eigenvalue weighted by molar-refractivity contribution is 7.14. The van der Waals surface area contributed by atoms with Crippen molar-refractivity contribution < 1.29 is 4.39 Å². The number of anilines is 1. The zero-order valence-corrected chi connectivity index (χ0v) is 17.1. The summed E-state index contributed by atoms with van der Waals surface area (Å²) in [5.41, 5.74) is 1.78. The van der Waals surface area contributed by atoms with E-state index in [2.05, 4.69) is 37.6 Å². The van der Waals surface area contributed by atoms with Crippen molar-refractivity contribution >= 4 is 22.3 Å². The number of hydrogen-bond donors (Lipinski definition) is 1. The third-order valence-electron chi connectivity index (χ3n) is 4.66. The van der Waals surface area contributed by atoms with Crippen LogP contribution in [0.4, 0.5) is 9.39 Å². The molecule has 1 aromatic carbocycles. The Morgan fingerprint density at radius 1 is 1.22 bits per heavy atom. The Kier molecular flexibility index (Phi) is 6.68. The minimum atomic E-state index is -0.151. The van der Waals surface area contributed by atoms with Crippen LogP contribution in [0.15, 0.2) is 40.7 Å². The van der Waals surface area contributed by atoms with Gasteiger partial charge in [0, 0.05) is 51.9 Å². The van der Waals surface area contributed by atoms with E-state index in [1.54, 1.807) is 17.4 Å². The van der Waals surface area contributed by atoms with Crippen molar-refractivity contribution in [2.24, 2.45) is 4.99 Å². The van der Waals surface area contributed by atoms with E-state index >= 15 is 0 Å². The van der Waals surface area contributed by atoms with Crippen LogP contribution in [-0.2, 0) is 13.1 Å². The summed E-state index contributed by atoms with van der Waals surface area (Å²) in [5.74, 6) is 0.751. The fraction of sp³-hybridized carbons (Fsp3) is 0.450. The first-order chi connectivity index (χ1) is 13.1. The summed E-state index contributed by atoms with van der Waals surface area (Å²) in [4.78, 5) is 11.1. The van der Waals surface area contributed by atoms with Crippen LogP contribution < -0.4 is 10.2 Å². The first kappa shape index (κ1) is 19.6. The minimum absolute atomic E-state index is 0.151. The monoisotopic (exact) mass is 389 g/mol. The number of halogens is 1. The van der Waals surface area contributed by atoms with Crippen molar-refractivity contribution in [1.82, 2.24) is 15.1 Å². The molecule has 3 rings (SSSR count). The molecule has 2 heterocycles. The Morgan fingerprint density at radius 3 is 2.63 bits per heavy atom. The summed E-state index contributed by atoms with van der Waals surface area (Å²) >= 11 is 1.79. The molecule has 5 nitrogen and oxygen atoms in total. The molecule has 1 fully saturated rings. The van der Waals surface area contributed by atoms with Crippen LogP contribution in [0.3, 0.4) is 0 Å². The molecule has 0 saturated carbocycles.